The molecule has 0 saturated heterocycles. The number of hydrazine groups is 1. The molecule has 0 aliphatic carbocycles. The third-order valence-corrected chi connectivity index (χ3v) is 6.84. The average molecular weight is 602 g/mol. The third kappa shape index (κ3) is 7.25. The summed E-state index contributed by atoms with van der Waals surface area (Å²) in [5, 5.41) is 35.7. The monoisotopic (exact) mass is 601 g/mol. The second-order valence-electron chi connectivity index (χ2n) is 9.69. The number of nitrogens with one attached hydrogen (secondary N) is 2. The van der Waals surface area contributed by atoms with Crippen LogP contribution in [0.25, 0.3) is 20.9 Å². The Morgan fingerprint density at radius 2 is 1.64 bits per heavy atom. The SMILES string of the molecule is [N-]=[N+]=Nc1ccccc1C[C@]1(C(=O)NNC(CO)CO)N=C(c2ccc(OCCCO)cc2)O[C@H]1c1ccccc1N=[N+]=[N-]. The number of aliphatic hydroxyl groups is 3. The number of nitrogens with zero attached hydrogens (tertiary/aromatic N) is 7. The van der Waals surface area contributed by atoms with Crippen molar-refractivity contribution in [3.8, 4) is 5.75 Å². The average Bonchev–Trinajstić information content (AvgIpc) is 3.43. The van der Waals surface area contributed by atoms with Gasteiger partial charge in [-0.15, -0.1) is 0 Å². The van der Waals surface area contributed by atoms with E-state index in [0.29, 0.717) is 35.5 Å². The molecule has 3 aromatic carbocycles. The zero-order chi connectivity index (χ0) is 31.4. The number of carbonyl (C=O) groups excluding carboxylic acids is 1. The number of amides is 1. The molecular formula is C29H31N9O6. The van der Waals surface area contributed by atoms with Crippen molar-refractivity contribution in [2.45, 2.75) is 30.5 Å². The van der Waals surface area contributed by atoms with E-state index in [-0.39, 0.29) is 30.3 Å². The minimum atomic E-state index is -1.78. The van der Waals surface area contributed by atoms with Crippen LogP contribution in [0.1, 0.15) is 29.2 Å². The Labute approximate surface area is 252 Å². The van der Waals surface area contributed by atoms with Crippen LogP contribution in [0.3, 0.4) is 0 Å². The van der Waals surface area contributed by atoms with Crippen LogP contribution < -0.4 is 15.6 Å². The predicted octanol–water partition coefficient (Wildman–Crippen LogP) is 3.81. The number of aliphatic imine (C=N–C) groups is 1. The van der Waals surface area contributed by atoms with Gasteiger partial charge in [0.15, 0.2) is 11.6 Å². The van der Waals surface area contributed by atoms with Crippen LogP contribution in [0.2, 0.25) is 0 Å². The van der Waals surface area contributed by atoms with Gasteiger partial charge in [-0.2, -0.15) is 0 Å². The van der Waals surface area contributed by atoms with Gasteiger partial charge in [-0.05, 0) is 40.9 Å². The maximum atomic E-state index is 14.2. The number of carbonyl (C=O) groups is 1. The summed E-state index contributed by atoms with van der Waals surface area (Å²) in [6.07, 6.45) is -0.803. The van der Waals surface area contributed by atoms with E-state index in [2.05, 4.69) is 30.9 Å². The number of aliphatic hydroxyl groups excluding tert-OH is 3. The molecule has 4 rings (SSSR count). The van der Waals surface area contributed by atoms with E-state index in [9.17, 15) is 26.1 Å². The minimum absolute atomic E-state index is 0.000601. The maximum absolute atomic E-state index is 14.2. The number of hydrogen-bond donors (Lipinski definition) is 5. The predicted molar refractivity (Wildman–Crippen MR) is 160 cm³/mol. The molecule has 3 aromatic rings. The zero-order valence-electron chi connectivity index (χ0n) is 23.5. The molecule has 0 radical (unpaired) electrons. The lowest BCUT2D eigenvalue weighted by molar-refractivity contribution is -0.130. The van der Waals surface area contributed by atoms with Gasteiger partial charge in [-0.25, -0.2) is 10.4 Å². The molecule has 228 valence electrons. The van der Waals surface area contributed by atoms with Crippen molar-refractivity contribution in [1.82, 2.24) is 10.9 Å². The molecular weight excluding hydrogens is 570 g/mol. The molecule has 0 fully saturated rings. The summed E-state index contributed by atoms with van der Waals surface area (Å²) in [5.41, 5.74) is 23.7. The van der Waals surface area contributed by atoms with Crippen molar-refractivity contribution in [2.24, 2.45) is 15.2 Å². The normalized spacial score (nSPS) is 17.2. The second-order valence-corrected chi connectivity index (χ2v) is 9.69. The Balaban J connectivity index is 1.88. The lowest BCUT2D eigenvalue weighted by Gasteiger charge is -2.32. The first-order valence-electron chi connectivity index (χ1n) is 13.6. The van der Waals surface area contributed by atoms with Gasteiger partial charge in [0.25, 0.3) is 5.91 Å². The fourth-order valence-corrected chi connectivity index (χ4v) is 4.63. The largest absolute Gasteiger partial charge is 0.494 e. The molecule has 44 heavy (non-hydrogen) atoms. The van der Waals surface area contributed by atoms with Crippen LogP contribution in [-0.4, -0.2) is 65.1 Å². The van der Waals surface area contributed by atoms with Gasteiger partial charge in [0.1, 0.15) is 5.75 Å². The number of hydrogen-bond acceptors (Lipinski definition) is 10. The van der Waals surface area contributed by atoms with Crippen molar-refractivity contribution >= 4 is 23.2 Å². The van der Waals surface area contributed by atoms with E-state index < -0.39 is 36.8 Å². The molecule has 0 unspecified atom stereocenters. The van der Waals surface area contributed by atoms with E-state index >= 15 is 0 Å². The van der Waals surface area contributed by atoms with Crippen molar-refractivity contribution in [3.63, 3.8) is 0 Å². The van der Waals surface area contributed by atoms with Gasteiger partial charge in [0.2, 0.25) is 5.90 Å². The number of azide groups is 2. The first-order chi connectivity index (χ1) is 21.5. The van der Waals surface area contributed by atoms with Crippen LogP contribution in [0.5, 0.6) is 5.75 Å². The molecule has 1 amide bonds. The summed E-state index contributed by atoms with van der Waals surface area (Å²) in [6.45, 7) is -0.607. The van der Waals surface area contributed by atoms with Crippen LogP contribution >= 0.6 is 0 Å². The van der Waals surface area contributed by atoms with Gasteiger partial charge in [-0.3, -0.25) is 10.2 Å². The second kappa shape index (κ2) is 15.4. The molecule has 2 atom stereocenters. The summed E-state index contributed by atoms with van der Waals surface area (Å²) in [5.74, 6) is -0.0358. The maximum Gasteiger partial charge on any atom is 0.266 e. The van der Waals surface area contributed by atoms with Crippen LogP contribution in [0, 0.1) is 0 Å². The number of rotatable bonds is 15. The van der Waals surface area contributed by atoms with E-state index in [1.807, 2.05) is 0 Å². The van der Waals surface area contributed by atoms with Crippen LogP contribution in [0.4, 0.5) is 11.4 Å². The number of benzene rings is 3. The van der Waals surface area contributed by atoms with Crippen molar-refractivity contribution in [2.75, 3.05) is 26.4 Å². The first kappa shape index (κ1) is 31.8. The Morgan fingerprint density at radius 1 is 0.977 bits per heavy atom. The van der Waals surface area contributed by atoms with Gasteiger partial charge in [0, 0.05) is 51.8 Å². The molecule has 0 aromatic heterocycles. The number of ether oxygens (including phenoxy) is 2. The van der Waals surface area contributed by atoms with Crippen LogP contribution in [-0.2, 0) is 16.0 Å². The fourth-order valence-electron chi connectivity index (χ4n) is 4.63. The zero-order valence-corrected chi connectivity index (χ0v) is 23.5. The summed E-state index contributed by atoms with van der Waals surface area (Å²) in [7, 11) is 0. The Hall–Kier alpha value is -5.14. The molecule has 5 N–H and O–H groups in total. The molecule has 1 aliphatic heterocycles. The van der Waals surface area contributed by atoms with Gasteiger partial charge < -0.3 is 24.8 Å². The molecule has 1 aliphatic rings. The Kier molecular flexibility index (Phi) is 11.1. The van der Waals surface area contributed by atoms with Crippen molar-refractivity contribution in [1.29, 1.82) is 0 Å². The van der Waals surface area contributed by atoms with Gasteiger partial charge in [-0.1, -0.05) is 58.8 Å². The summed E-state index contributed by atoms with van der Waals surface area (Å²) in [6, 6.07) is 19.3. The van der Waals surface area contributed by atoms with Crippen molar-refractivity contribution in [3.05, 3.63) is 110 Å². The minimum Gasteiger partial charge on any atom is -0.494 e. The van der Waals surface area contributed by atoms with Gasteiger partial charge >= 0.3 is 0 Å². The third-order valence-electron chi connectivity index (χ3n) is 6.84. The molecule has 1 heterocycles. The highest BCUT2D eigenvalue weighted by Gasteiger charge is 2.54. The van der Waals surface area contributed by atoms with E-state index in [1.54, 1.807) is 72.8 Å². The lowest BCUT2D eigenvalue weighted by atomic mass is 9.81. The summed E-state index contributed by atoms with van der Waals surface area (Å²) in [4.78, 5) is 24.9. The highest BCUT2D eigenvalue weighted by molar-refractivity contribution is 6.01. The van der Waals surface area contributed by atoms with Gasteiger partial charge in [0.05, 0.1) is 25.9 Å². The van der Waals surface area contributed by atoms with Crippen molar-refractivity contribution < 1.29 is 29.6 Å². The lowest BCUT2D eigenvalue weighted by Crippen LogP contribution is -2.57. The van der Waals surface area contributed by atoms with E-state index in [4.69, 9.17) is 19.6 Å². The summed E-state index contributed by atoms with van der Waals surface area (Å²) < 4.78 is 12.1. The Bertz CT molecular complexity index is 1570. The molecule has 0 spiro atoms. The Morgan fingerprint density at radius 3 is 2.32 bits per heavy atom. The standard InChI is InChI=1S/C29H31N9O6/c30-37-34-24-8-3-1-6-20(24)16-29(28(42)36-33-21(17-40)18-41)26(23-7-2-4-9-25(23)35-38-31)44-27(32-29)19-10-12-22(13-11-19)43-15-5-14-39/h1-4,6-13,21,26,33,39-41H,5,14-18H2,(H,36,42)/t26-,29-/m0/s1. The highest BCUT2D eigenvalue weighted by Crippen LogP contribution is 2.46. The quantitative estimate of drug-likeness (QED) is 0.0568. The fraction of sp³-hybridized carbons (Fsp3) is 0.310. The van der Waals surface area contributed by atoms with E-state index in [0.717, 1.165) is 0 Å². The topological polar surface area (TPSA) is 230 Å². The molecule has 15 heteroatoms. The molecule has 0 saturated carbocycles. The first-order valence-corrected chi connectivity index (χ1v) is 13.6. The molecule has 15 nitrogen and oxygen atoms in total. The summed E-state index contributed by atoms with van der Waals surface area (Å²) >= 11 is 0. The molecule has 0 bridgehead atoms. The smallest absolute Gasteiger partial charge is 0.266 e. The van der Waals surface area contributed by atoms with Crippen LogP contribution in [0.15, 0.2) is 88.0 Å². The highest BCUT2D eigenvalue weighted by atomic mass is 16.5. The van der Waals surface area contributed by atoms with E-state index in [1.165, 1.54) is 0 Å².